The summed E-state index contributed by atoms with van der Waals surface area (Å²) in [6.07, 6.45) is 0.893. The van der Waals surface area contributed by atoms with Gasteiger partial charge in [-0.15, -0.1) is 0 Å². The molecule has 1 heterocycles. The van der Waals surface area contributed by atoms with E-state index in [1.54, 1.807) is 4.90 Å². The number of benzene rings is 1. The van der Waals surface area contributed by atoms with E-state index in [9.17, 15) is 9.59 Å². The zero-order valence-corrected chi connectivity index (χ0v) is 13.0. The fraction of sp³-hybridized carbons (Fsp3) is 0.467. The normalized spacial score (nSPS) is 22.6. The molecule has 1 aromatic carbocycles. The number of carbonyl (C=O) groups excluding carboxylic acids is 1. The van der Waals surface area contributed by atoms with Gasteiger partial charge >= 0.3 is 5.97 Å². The van der Waals surface area contributed by atoms with Crippen LogP contribution in [-0.2, 0) is 16.0 Å². The first-order chi connectivity index (χ1) is 9.49. The van der Waals surface area contributed by atoms with Gasteiger partial charge in [0.15, 0.2) is 0 Å². The van der Waals surface area contributed by atoms with Gasteiger partial charge in [-0.3, -0.25) is 9.59 Å². The summed E-state index contributed by atoms with van der Waals surface area (Å²) in [7, 11) is 0. The highest BCUT2D eigenvalue weighted by atomic mass is 79.9. The second-order valence-corrected chi connectivity index (χ2v) is 6.17. The van der Waals surface area contributed by atoms with Crippen LogP contribution in [0.15, 0.2) is 28.7 Å². The molecule has 0 bridgehead atoms. The first-order valence-electron chi connectivity index (χ1n) is 6.73. The molecule has 0 saturated carbocycles. The van der Waals surface area contributed by atoms with Gasteiger partial charge in [-0.2, -0.15) is 0 Å². The lowest BCUT2D eigenvalue weighted by Gasteiger charge is -2.35. The molecule has 20 heavy (non-hydrogen) atoms. The second-order valence-electron chi connectivity index (χ2n) is 5.32. The maximum atomic E-state index is 12.3. The molecule has 1 N–H and O–H groups in total. The molecule has 0 aliphatic carbocycles. The molecule has 0 spiro atoms. The number of carboxylic acids is 1. The van der Waals surface area contributed by atoms with Crippen molar-refractivity contribution < 1.29 is 14.7 Å². The van der Waals surface area contributed by atoms with Crippen molar-refractivity contribution in [3.8, 4) is 0 Å². The van der Waals surface area contributed by atoms with Crippen LogP contribution in [-0.4, -0.2) is 35.0 Å². The van der Waals surface area contributed by atoms with Crippen LogP contribution in [0.1, 0.15) is 18.9 Å². The quantitative estimate of drug-likeness (QED) is 0.920. The van der Waals surface area contributed by atoms with Gasteiger partial charge in [0, 0.05) is 17.6 Å². The fourth-order valence-electron chi connectivity index (χ4n) is 2.66. The Hall–Kier alpha value is -1.36. The fourth-order valence-corrected chi connectivity index (χ4v) is 3.08. The molecule has 1 fully saturated rings. The Morgan fingerprint density at radius 1 is 1.40 bits per heavy atom. The topological polar surface area (TPSA) is 57.6 Å². The van der Waals surface area contributed by atoms with Crippen LogP contribution in [0.25, 0.3) is 0 Å². The van der Waals surface area contributed by atoms with Crippen LogP contribution < -0.4 is 0 Å². The highest BCUT2D eigenvalue weighted by Crippen LogP contribution is 2.24. The van der Waals surface area contributed by atoms with E-state index in [4.69, 9.17) is 5.11 Å². The Labute approximate surface area is 126 Å². The number of carboxylic acid groups (broad SMARTS) is 1. The van der Waals surface area contributed by atoms with Gasteiger partial charge in [0.05, 0.1) is 12.3 Å². The lowest BCUT2D eigenvalue weighted by molar-refractivity contribution is -0.148. The molecule has 5 heteroatoms. The minimum absolute atomic E-state index is 0.00409. The van der Waals surface area contributed by atoms with Gasteiger partial charge in [0.1, 0.15) is 0 Å². The number of likely N-dealkylation sites (tertiary alicyclic amines) is 1. The maximum absolute atomic E-state index is 12.3. The van der Waals surface area contributed by atoms with Crippen molar-refractivity contribution in [1.29, 1.82) is 0 Å². The van der Waals surface area contributed by atoms with Crippen LogP contribution in [0.4, 0.5) is 0 Å². The number of hydrogen-bond donors (Lipinski definition) is 1. The summed E-state index contributed by atoms with van der Waals surface area (Å²) in [5.74, 6) is -1.02. The zero-order chi connectivity index (χ0) is 14.7. The smallest absolute Gasteiger partial charge is 0.306 e. The van der Waals surface area contributed by atoms with Gasteiger partial charge in [0.2, 0.25) is 5.91 Å². The lowest BCUT2D eigenvalue weighted by atomic mass is 9.87. The Balaban J connectivity index is 1.98. The van der Waals surface area contributed by atoms with E-state index in [1.807, 2.05) is 31.2 Å². The Bertz CT molecular complexity index is 518. The SMILES string of the molecule is CC1CN(C(=O)Cc2ccccc2Br)CCC1C(=O)O. The summed E-state index contributed by atoms with van der Waals surface area (Å²) in [5.41, 5.74) is 0.963. The van der Waals surface area contributed by atoms with Crippen molar-refractivity contribution in [2.24, 2.45) is 11.8 Å². The second kappa shape index (κ2) is 6.39. The van der Waals surface area contributed by atoms with Crippen molar-refractivity contribution in [1.82, 2.24) is 4.90 Å². The van der Waals surface area contributed by atoms with E-state index in [0.29, 0.717) is 25.9 Å². The molecule has 2 rings (SSSR count). The maximum Gasteiger partial charge on any atom is 0.306 e. The third-order valence-corrected chi connectivity index (χ3v) is 4.65. The van der Waals surface area contributed by atoms with Crippen molar-refractivity contribution in [3.05, 3.63) is 34.3 Å². The van der Waals surface area contributed by atoms with Gasteiger partial charge in [-0.05, 0) is 24.0 Å². The van der Waals surface area contributed by atoms with Gasteiger partial charge in [-0.25, -0.2) is 0 Å². The molecule has 2 atom stereocenters. The number of hydrogen-bond acceptors (Lipinski definition) is 2. The highest BCUT2D eigenvalue weighted by molar-refractivity contribution is 9.10. The Morgan fingerprint density at radius 2 is 2.10 bits per heavy atom. The zero-order valence-electron chi connectivity index (χ0n) is 11.4. The monoisotopic (exact) mass is 339 g/mol. The summed E-state index contributed by atoms with van der Waals surface area (Å²) < 4.78 is 0.932. The summed E-state index contributed by atoms with van der Waals surface area (Å²) in [6, 6.07) is 7.67. The lowest BCUT2D eigenvalue weighted by Crippen LogP contribution is -2.45. The number of rotatable bonds is 3. The average Bonchev–Trinajstić information content (AvgIpc) is 2.40. The molecule has 2 unspecified atom stereocenters. The van der Waals surface area contributed by atoms with Gasteiger partial charge < -0.3 is 10.0 Å². The summed E-state index contributed by atoms with van der Waals surface area (Å²) >= 11 is 3.44. The molecular weight excluding hydrogens is 322 g/mol. The third kappa shape index (κ3) is 3.39. The molecular formula is C15H18BrNO3. The number of aliphatic carboxylic acids is 1. The number of carbonyl (C=O) groups is 2. The Morgan fingerprint density at radius 3 is 2.70 bits per heavy atom. The summed E-state index contributed by atoms with van der Waals surface area (Å²) in [4.78, 5) is 25.1. The molecule has 1 amide bonds. The minimum atomic E-state index is -0.754. The highest BCUT2D eigenvalue weighted by Gasteiger charge is 2.32. The van der Waals surface area contributed by atoms with Crippen LogP contribution >= 0.6 is 15.9 Å². The van der Waals surface area contributed by atoms with E-state index in [2.05, 4.69) is 15.9 Å². The summed E-state index contributed by atoms with van der Waals surface area (Å²) in [5, 5.41) is 9.10. The van der Waals surface area contributed by atoms with Crippen molar-refractivity contribution in [2.45, 2.75) is 19.8 Å². The number of nitrogens with zero attached hydrogens (tertiary/aromatic N) is 1. The van der Waals surface area contributed by atoms with Crippen LogP contribution in [0, 0.1) is 11.8 Å². The molecule has 1 aliphatic rings. The molecule has 0 radical (unpaired) electrons. The third-order valence-electron chi connectivity index (χ3n) is 3.87. The van der Waals surface area contributed by atoms with Crippen molar-refractivity contribution in [2.75, 3.05) is 13.1 Å². The van der Waals surface area contributed by atoms with E-state index in [0.717, 1.165) is 10.0 Å². The predicted molar refractivity (Wildman–Crippen MR) is 79.3 cm³/mol. The standard InChI is InChI=1S/C15H18BrNO3/c1-10-9-17(7-6-12(10)15(19)20)14(18)8-11-4-2-3-5-13(11)16/h2-5,10,12H,6-9H2,1H3,(H,19,20). The van der Waals surface area contributed by atoms with Crippen molar-refractivity contribution >= 4 is 27.8 Å². The average molecular weight is 340 g/mol. The Kier molecular flexibility index (Phi) is 4.81. The predicted octanol–water partition coefficient (Wildman–Crippen LogP) is 2.56. The first kappa shape index (κ1) is 15.0. The van der Waals surface area contributed by atoms with E-state index >= 15 is 0 Å². The first-order valence-corrected chi connectivity index (χ1v) is 7.52. The van der Waals surface area contributed by atoms with Crippen molar-refractivity contribution in [3.63, 3.8) is 0 Å². The number of piperidine rings is 1. The van der Waals surface area contributed by atoms with Crippen LogP contribution in [0.3, 0.4) is 0 Å². The molecule has 1 aliphatic heterocycles. The van der Waals surface area contributed by atoms with Gasteiger partial charge in [0.25, 0.3) is 0 Å². The van der Waals surface area contributed by atoms with E-state index in [-0.39, 0.29) is 17.7 Å². The van der Waals surface area contributed by atoms with E-state index in [1.165, 1.54) is 0 Å². The molecule has 0 aromatic heterocycles. The molecule has 1 aromatic rings. The molecule has 1 saturated heterocycles. The van der Waals surface area contributed by atoms with Crippen LogP contribution in [0.5, 0.6) is 0 Å². The largest absolute Gasteiger partial charge is 0.481 e. The van der Waals surface area contributed by atoms with E-state index < -0.39 is 5.97 Å². The number of halogens is 1. The molecule has 4 nitrogen and oxygen atoms in total. The molecule has 108 valence electrons. The van der Waals surface area contributed by atoms with Crippen LogP contribution in [0.2, 0.25) is 0 Å². The minimum Gasteiger partial charge on any atom is -0.481 e. The summed E-state index contributed by atoms with van der Waals surface area (Å²) in [6.45, 7) is 2.96. The number of amides is 1. The van der Waals surface area contributed by atoms with Gasteiger partial charge in [-0.1, -0.05) is 41.1 Å².